The molecule has 1 N–H and O–H groups in total. The van der Waals surface area contributed by atoms with Crippen LogP contribution >= 0.6 is 0 Å². The molecule has 4 aliphatic rings. The van der Waals surface area contributed by atoms with Crippen molar-refractivity contribution in [2.45, 2.75) is 82.0 Å². The summed E-state index contributed by atoms with van der Waals surface area (Å²) in [4.78, 5) is 47.1. The summed E-state index contributed by atoms with van der Waals surface area (Å²) in [5.41, 5.74) is 2.52. The van der Waals surface area contributed by atoms with E-state index in [4.69, 9.17) is 4.74 Å². The SMILES string of the molecule is C[C@@H]1[C@@H]([Si](C)(C)F)[C@H](CC(=O)N2Cc3ccccc3C[C@H]2CO)O[C@@]12C(=O)N(c1ccccc1)c1ccc(N3CCCCC3=O)cc12. The van der Waals surface area contributed by atoms with Gasteiger partial charge in [0, 0.05) is 47.9 Å². The van der Waals surface area contributed by atoms with Crippen LogP contribution in [-0.4, -0.2) is 61.4 Å². The maximum absolute atomic E-state index is 16.5. The minimum absolute atomic E-state index is 0.0371. The van der Waals surface area contributed by atoms with Gasteiger partial charge >= 0.3 is 0 Å². The van der Waals surface area contributed by atoms with Crippen molar-refractivity contribution in [3.63, 3.8) is 0 Å². The lowest BCUT2D eigenvalue weighted by Gasteiger charge is -2.37. The van der Waals surface area contributed by atoms with E-state index in [2.05, 4.69) is 0 Å². The van der Waals surface area contributed by atoms with E-state index in [9.17, 15) is 19.5 Å². The fraction of sp³-hybridized carbons (Fsp3) is 0.432. The van der Waals surface area contributed by atoms with Gasteiger partial charge in [-0.1, -0.05) is 49.4 Å². The van der Waals surface area contributed by atoms with Gasteiger partial charge < -0.3 is 23.8 Å². The Bertz CT molecular complexity index is 1710. The highest BCUT2D eigenvalue weighted by molar-refractivity contribution is 6.72. The number of piperidine rings is 1. The Morgan fingerprint density at radius 3 is 2.43 bits per heavy atom. The summed E-state index contributed by atoms with van der Waals surface area (Å²) >= 11 is 0. The van der Waals surface area contributed by atoms with Gasteiger partial charge in [0.25, 0.3) is 5.91 Å². The molecule has 3 amide bonds. The molecular weight excluding hydrogens is 614 g/mol. The van der Waals surface area contributed by atoms with Crippen LogP contribution in [0.3, 0.4) is 0 Å². The van der Waals surface area contributed by atoms with Gasteiger partial charge in [-0.25, -0.2) is 0 Å². The number of amides is 3. The van der Waals surface area contributed by atoms with E-state index >= 15 is 4.11 Å². The van der Waals surface area contributed by atoms with Crippen molar-refractivity contribution in [3.05, 3.63) is 89.5 Å². The number of aliphatic hydroxyl groups excluding tert-OH is 1. The molecule has 5 atom stereocenters. The second-order valence-electron chi connectivity index (χ2n) is 14.0. The number of rotatable bonds is 6. The fourth-order valence-electron chi connectivity index (χ4n) is 8.57. The number of halogens is 1. The number of benzene rings is 3. The van der Waals surface area contributed by atoms with Gasteiger partial charge in [-0.3, -0.25) is 19.3 Å². The first-order valence-electron chi connectivity index (χ1n) is 16.7. The summed E-state index contributed by atoms with van der Waals surface area (Å²) in [6, 6.07) is 22.5. The van der Waals surface area contributed by atoms with Crippen LogP contribution in [0.2, 0.25) is 18.6 Å². The van der Waals surface area contributed by atoms with Crippen molar-refractivity contribution in [3.8, 4) is 0 Å². The Labute approximate surface area is 276 Å². The molecule has 1 spiro atoms. The van der Waals surface area contributed by atoms with Crippen molar-refractivity contribution >= 4 is 43.2 Å². The lowest BCUT2D eigenvalue weighted by atomic mass is 9.82. The van der Waals surface area contributed by atoms with Gasteiger partial charge in [0.05, 0.1) is 30.9 Å². The molecule has 4 aliphatic heterocycles. The van der Waals surface area contributed by atoms with Gasteiger partial charge in [-0.2, -0.15) is 0 Å². The number of carbonyl (C=O) groups is 3. The summed E-state index contributed by atoms with van der Waals surface area (Å²) in [5.74, 6) is -1.09. The van der Waals surface area contributed by atoms with Crippen LogP contribution in [0.5, 0.6) is 0 Å². The van der Waals surface area contributed by atoms with Crippen LogP contribution in [0, 0.1) is 5.92 Å². The number of carbonyl (C=O) groups excluding carboxylic acids is 3. The van der Waals surface area contributed by atoms with E-state index in [1.165, 1.54) is 0 Å². The average molecular weight is 656 g/mol. The Morgan fingerprint density at radius 1 is 1.00 bits per heavy atom. The van der Waals surface area contributed by atoms with Gasteiger partial charge in [-0.05, 0) is 73.8 Å². The monoisotopic (exact) mass is 655 g/mol. The van der Waals surface area contributed by atoms with Crippen LogP contribution in [-0.2, 0) is 37.7 Å². The van der Waals surface area contributed by atoms with Crippen molar-refractivity contribution in [2.75, 3.05) is 23.0 Å². The minimum Gasteiger partial charge on any atom is -0.394 e. The summed E-state index contributed by atoms with van der Waals surface area (Å²) in [6.07, 6.45) is 1.78. The van der Waals surface area contributed by atoms with Crippen LogP contribution in [0.25, 0.3) is 0 Å². The van der Waals surface area contributed by atoms with E-state index in [-0.39, 0.29) is 30.7 Å². The first-order chi connectivity index (χ1) is 22.5. The zero-order chi connectivity index (χ0) is 33.1. The number of aliphatic hydroxyl groups is 1. The smallest absolute Gasteiger partial charge is 0.268 e. The summed E-state index contributed by atoms with van der Waals surface area (Å²) in [5, 5.41) is 10.3. The largest absolute Gasteiger partial charge is 0.394 e. The van der Waals surface area contributed by atoms with Gasteiger partial charge in [0.15, 0.2) is 5.60 Å². The zero-order valence-corrected chi connectivity index (χ0v) is 28.2. The third-order valence-electron chi connectivity index (χ3n) is 10.8. The number of nitrogens with zero attached hydrogens (tertiary/aromatic N) is 3. The quantitative estimate of drug-likeness (QED) is 0.260. The lowest BCUT2D eigenvalue weighted by Crippen LogP contribution is -2.48. The standard InChI is InChI=1S/C37H42FN3O5Si/c1-24-35(47(2,3)38)32(21-34(44)40-22-26-12-8-7-11-25(26)19-29(40)23-42)46-37(24)30-20-28(39-18-10-9-15-33(39)43)16-17-31(30)41(36(37)45)27-13-5-4-6-14-27/h4-8,11-14,16-17,20,24,29,32,35,42H,9-10,15,18-19,21-23H2,1-3H3/t24-,29+,32+,35-,37+/m1/s1. The second kappa shape index (κ2) is 12.0. The zero-order valence-electron chi connectivity index (χ0n) is 27.2. The van der Waals surface area contributed by atoms with Crippen molar-refractivity contribution in [1.29, 1.82) is 0 Å². The lowest BCUT2D eigenvalue weighted by molar-refractivity contribution is -0.150. The van der Waals surface area contributed by atoms with Crippen LogP contribution in [0.15, 0.2) is 72.8 Å². The van der Waals surface area contributed by atoms with Gasteiger partial charge in [0.1, 0.15) is 0 Å². The molecule has 3 aromatic carbocycles. The molecule has 0 bridgehead atoms. The Balaban J connectivity index is 1.30. The predicted molar refractivity (Wildman–Crippen MR) is 180 cm³/mol. The molecule has 4 heterocycles. The molecule has 246 valence electrons. The number of hydrogen-bond donors (Lipinski definition) is 1. The van der Waals surface area contributed by atoms with Gasteiger partial charge in [0.2, 0.25) is 20.2 Å². The number of ether oxygens (including phenoxy) is 1. The van der Waals surface area contributed by atoms with Crippen LogP contribution in [0.4, 0.5) is 21.2 Å². The first kappa shape index (κ1) is 31.7. The highest BCUT2D eigenvalue weighted by Crippen LogP contribution is 2.61. The Morgan fingerprint density at radius 2 is 1.72 bits per heavy atom. The van der Waals surface area contributed by atoms with E-state index < -0.39 is 37.6 Å². The summed E-state index contributed by atoms with van der Waals surface area (Å²) < 4.78 is 23.4. The molecule has 8 nitrogen and oxygen atoms in total. The fourth-order valence-corrected chi connectivity index (χ4v) is 11.1. The maximum Gasteiger partial charge on any atom is 0.268 e. The second-order valence-corrected chi connectivity index (χ2v) is 17.8. The van der Waals surface area contributed by atoms with Crippen molar-refractivity contribution < 1.29 is 28.3 Å². The molecule has 2 fully saturated rings. The van der Waals surface area contributed by atoms with Crippen molar-refractivity contribution in [2.24, 2.45) is 5.92 Å². The van der Waals surface area contributed by atoms with E-state index in [1.54, 1.807) is 27.8 Å². The minimum atomic E-state index is -3.53. The number of hydrogen-bond acceptors (Lipinski definition) is 5. The predicted octanol–water partition coefficient (Wildman–Crippen LogP) is 5.99. The van der Waals surface area contributed by atoms with Gasteiger partial charge in [-0.15, -0.1) is 0 Å². The van der Waals surface area contributed by atoms with E-state index in [0.29, 0.717) is 48.6 Å². The molecule has 10 heteroatoms. The first-order valence-corrected chi connectivity index (χ1v) is 19.7. The molecule has 0 aromatic heterocycles. The molecule has 3 aromatic rings. The number of para-hydroxylation sites is 1. The topological polar surface area (TPSA) is 90.4 Å². The number of fused-ring (bicyclic) bond motifs is 3. The number of anilines is 3. The molecule has 0 radical (unpaired) electrons. The molecular formula is C37H42FN3O5Si. The third-order valence-corrected chi connectivity index (χ3v) is 13.2. The average Bonchev–Trinajstić information content (AvgIpc) is 3.50. The van der Waals surface area contributed by atoms with Crippen LogP contribution < -0.4 is 9.80 Å². The summed E-state index contributed by atoms with van der Waals surface area (Å²) in [6.45, 7) is 5.89. The molecule has 0 saturated carbocycles. The Kier molecular flexibility index (Phi) is 8.09. The normalized spacial score (nSPS) is 27.4. The van der Waals surface area contributed by atoms with E-state index in [0.717, 1.165) is 24.0 Å². The third kappa shape index (κ3) is 5.21. The Hall–Kier alpha value is -3.86. The maximum atomic E-state index is 16.5. The molecule has 0 unspecified atom stereocenters. The summed E-state index contributed by atoms with van der Waals surface area (Å²) in [7, 11) is -3.53. The highest BCUT2D eigenvalue weighted by atomic mass is 28.4. The molecule has 0 aliphatic carbocycles. The van der Waals surface area contributed by atoms with Crippen LogP contribution in [0.1, 0.15) is 49.3 Å². The van der Waals surface area contributed by atoms with Crippen molar-refractivity contribution in [1.82, 2.24) is 4.90 Å². The molecule has 2 saturated heterocycles. The highest BCUT2D eigenvalue weighted by Gasteiger charge is 2.67. The molecule has 7 rings (SSSR count). The molecule has 47 heavy (non-hydrogen) atoms. The van der Waals surface area contributed by atoms with E-state index in [1.807, 2.05) is 79.7 Å².